The third-order valence-corrected chi connectivity index (χ3v) is 5.55. The first kappa shape index (κ1) is 18.2. The molecule has 0 spiro atoms. The average molecular weight is 404 g/mol. The van der Waals surface area contributed by atoms with Gasteiger partial charge in [-0.3, -0.25) is 4.79 Å². The number of fused-ring (bicyclic) bond motifs is 1. The second kappa shape index (κ2) is 8.24. The molecule has 27 heavy (non-hydrogen) atoms. The van der Waals surface area contributed by atoms with Crippen molar-refractivity contribution in [2.45, 2.75) is 24.0 Å². The number of ether oxygens (including phenoxy) is 1. The van der Waals surface area contributed by atoms with Gasteiger partial charge in [0, 0.05) is 18.2 Å². The Morgan fingerprint density at radius 3 is 2.96 bits per heavy atom. The van der Waals surface area contributed by atoms with Gasteiger partial charge < -0.3 is 10.1 Å². The number of benzene rings is 1. The second-order valence-corrected chi connectivity index (χ2v) is 7.58. The highest BCUT2D eigenvalue weighted by Crippen LogP contribution is 2.26. The lowest BCUT2D eigenvalue weighted by Gasteiger charge is -2.10. The van der Waals surface area contributed by atoms with E-state index >= 15 is 0 Å². The Kier molecular flexibility index (Phi) is 5.56. The van der Waals surface area contributed by atoms with Crippen LogP contribution in [0.1, 0.15) is 12.8 Å². The maximum Gasteiger partial charge on any atom is 0.230 e. The van der Waals surface area contributed by atoms with Gasteiger partial charge in [-0.25, -0.2) is 14.6 Å². The largest absolute Gasteiger partial charge is 0.376 e. The number of amides is 1. The number of hydrogen-bond acceptors (Lipinski definition) is 6. The van der Waals surface area contributed by atoms with Crippen LogP contribution in [0.3, 0.4) is 0 Å². The van der Waals surface area contributed by atoms with Gasteiger partial charge in [-0.2, -0.15) is 5.10 Å². The summed E-state index contributed by atoms with van der Waals surface area (Å²) in [4.78, 5) is 20.8. The fourth-order valence-electron chi connectivity index (χ4n) is 2.93. The van der Waals surface area contributed by atoms with Crippen LogP contribution in [0.4, 0.5) is 0 Å². The van der Waals surface area contributed by atoms with Gasteiger partial charge in [-0.05, 0) is 37.1 Å². The molecule has 1 N–H and O–H groups in total. The first-order valence-electron chi connectivity index (χ1n) is 8.66. The molecule has 140 valence electrons. The topological polar surface area (TPSA) is 81.9 Å². The summed E-state index contributed by atoms with van der Waals surface area (Å²) in [6.45, 7) is 1.35. The Morgan fingerprint density at radius 2 is 2.19 bits per heavy atom. The molecule has 1 atom stereocenters. The number of nitrogens with zero attached hydrogens (tertiary/aromatic N) is 4. The normalized spacial score (nSPS) is 16.7. The number of nitrogens with one attached hydrogen (secondary N) is 1. The van der Waals surface area contributed by atoms with Crippen molar-refractivity contribution in [1.82, 2.24) is 25.1 Å². The van der Waals surface area contributed by atoms with Crippen LogP contribution in [0.25, 0.3) is 16.7 Å². The van der Waals surface area contributed by atoms with E-state index in [1.165, 1.54) is 18.1 Å². The number of carbonyl (C=O) groups is 1. The highest BCUT2D eigenvalue weighted by atomic mass is 35.5. The first-order chi connectivity index (χ1) is 13.2. The molecule has 0 radical (unpaired) electrons. The van der Waals surface area contributed by atoms with Crippen molar-refractivity contribution in [3.05, 3.63) is 41.8 Å². The van der Waals surface area contributed by atoms with Gasteiger partial charge in [0.2, 0.25) is 5.91 Å². The molecule has 4 rings (SSSR count). The number of halogens is 1. The summed E-state index contributed by atoms with van der Waals surface area (Å²) in [6, 6.07) is 7.36. The van der Waals surface area contributed by atoms with Gasteiger partial charge in [-0.1, -0.05) is 23.4 Å². The Hall–Kier alpha value is -2.16. The second-order valence-electron chi connectivity index (χ2n) is 6.18. The minimum absolute atomic E-state index is 0.0349. The summed E-state index contributed by atoms with van der Waals surface area (Å²) in [5.74, 6) is 0.248. The number of rotatable bonds is 6. The fraction of sp³-hybridized carbons (Fsp3) is 0.333. The number of aromatic nitrogens is 4. The molecule has 3 heterocycles. The molecule has 1 amide bonds. The molecule has 0 saturated carbocycles. The Bertz CT molecular complexity index is 941. The fourth-order valence-corrected chi connectivity index (χ4v) is 3.84. The van der Waals surface area contributed by atoms with Crippen LogP contribution in [0.5, 0.6) is 0 Å². The van der Waals surface area contributed by atoms with Crippen molar-refractivity contribution in [1.29, 1.82) is 0 Å². The summed E-state index contributed by atoms with van der Waals surface area (Å²) in [5.41, 5.74) is 1.55. The van der Waals surface area contributed by atoms with Crippen molar-refractivity contribution in [3.63, 3.8) is 0 Å². The molecule has 1 saturated heterocycles. The molecule has 7 nitrogen and oxygen atoms in total. The Labute approximate surface area is 165 Å². The Balaban J connectivity index is 1.44. The molecule has 1 fully saturated rings. The number of carbonyl (C=O) groups excluding carboxylic acids is 1. The van der Waals surface area contributed by atoms with Crippen LogP contribution >= 0.6 is 23.4 Å². The summed E-state index contributed by atoms with van der Waals surface area (Å²) >= 11 is 7.32. The van der Waals surface area contributed by atoms with E-state index in [1.54, 1.807) is 23.0 Å². The van der Waals surface area contributed by atoms with Crippen LogP contribution in [0, 0.1) is 0 Å². The number of thioether (sulfide) groups is 1. The van der Waals surface area contributed by atoms with E-state index in [4.69, 9.17) is 16.3 Å². The molecule has 1 aromatic carbocycles. The summed E-state index contributed by atoms with van der Waals surface area (Å²) in [5, 5.41) is 9.53. The van der Waals surface area contributed by atoms with Gasteiger partial charge in [0.05, 0.1) is 29.1 Å². The lowest BCUT2D eigenvalue weighted by atomic mass is 10.2. The van der Waals surface area contributed by atoms with E-state index in [0.717, 1.165) is 35.5 Å². The smallest absolute Gasteiger partial charge is 0.230 e. The lowest BCUT2D eigenvalue weighted by molar-refractivity contribution is -0.119. The first-order valence-corrected chi connectivity index (χ1v) is 10.0. The minimum Gasteiger partial charge on any atom is -0.376 e. The molecule has 0 bridgehead atoms. The SMILES string of the molecule is O=C(CSc1ncnc2c1cnn2-c1ccc(Cl)cc1)NC[C@H]1CCCO1. The maximum atomic E-state index is 12.1. The van der Waals surface area contributed by atoms with E-state index in [9.17, 15) is 4.79 Å². The zero-order chi connectivity index (χ0) is 18.6. The van der Waals surface area contributed by atoms with Gasteiger partial charge in [0.15, 0.2) is 5.65 Å². The zero-order valence-electron chi connectivity index (χ0n) is 14.5. The molecule has 1 aliphatic rings. The van der Waals surface area contributed by atoms with E-state index < -0.39 is 0 Å². The molecule has 0 unspecified atom stereocenters. The summed E-state index contributed by atoms with van der Waals surface area (Å²) in [7, 11) is 0. The third-order valence-electron chi connectivity index (χ3n) is 4.29. The van der Waals surface area contributed by atoms with Crippen LogP contribution < -0.4 is 5.32 Å². The van der Waals surface area contributed by atoms with E-state index in [1.807, 2.05) is 12.1 Å². The van der Waals surface area contributed by atoms with Crippen molar-refractivity contribution in [2.75, 3.05) is 18.9 Å². The van der Waals surface area contributed by atoms with Crippen LogP contribution in [-0.2, 0) is 9.53 Å². The van der Waals surface area contributed by atoms with Crippen LogP contribution in [0.2, 0.25) is 5.02 Å². The van der Waals surface area contributed by atoms with Crippen molar-refractivity contribution < 1.29 is 9.53 Å². The standard InChI is InChI=1S/C18H18ClN5O2S/c19-12-3-5-13(6-4-12)24-17-15(9-23-24)18(22-11-21-17)27-10-16(25)20-8-14-2-1-7-26-14/h3-6,9,11,14H,1-2,7-8,10H2,(H,20,25)/t14-/m1/s1. The summed E-state index contributed by atoms with van der Waals surface area (Å²) in [6.07, 6.45) is 5.41. The van der Waals surface area contributed by atoms with Gasteiger partial charge in [0.25, 0.3) is 0 Å². The van der Waals surface area contributed by atoms with Crippen molar-refractivity contribution in [3.8, 4) is 5.69 Å². The van der Waals surface area contributed by atoms with Crippen molar-refractivity contribution >= 4 is 40.3 Å². The van der Waals surface area contributed by atoms with E-state index in [-0.39, 0.29) is 17.8 Å². The lowest BCUT2D eigenvalue weighted by Crippen LogP contribution is -2.32. The van der Waals surface area contributed by atoms with E-state index in [0.29, 0.717) is 17.2 Å². The van der Waals surface area contributed by atoms with E-state index in [2.05, 4.69) is 20.4 Å². The van der Waals surface area contributed by atoms with Crippen molar-refractivity contribution in [2.24, 2.45) is 0 Å². The van der Waals surface area contributed by atoms with Gasteiger partial charge in [-0.15, -0.1) is 0 Å². The molecule has 0 aliphatic carbocycles. The molecule has 3 aromatic rings. The zero-order valence-corrected chi connectivity index (χ0v) is 16.0. The molecular formula is C18H18ClN5O2S. The minimum atomic E-state index is -0.0349. The average Bonchev–Trinajstić information content (AvgIpc) is 3.35. The van der Waals surface area contributed by atoms with Gasteiger partial charge >= 0.3 is 0 Å². The molecule has 9 heteroatoms. The number of hydrogen-bond donors (Lipinski definition) is 1. The monoisotopic (exact) mass is 403 g/mol. The molecular weight excluding hydrogens is 386 g/mol. The molecule has 1 aliphatic heterocycles. The molecule has 2 aromatic heterocycles. The summed E-state index contributed by atoms with van der Waals surface area (Å²) < 4.78 is 7.25. The van der Waals surface area contributed by atoms with Crippen LogP contribution in [-0.4, -0.2) is 50.7 Å². The van der Waals surface area contributed by atoms with Crippen LogP contribution in [0.15, 0.2) is 41.8 Å². The highest BCUT2D eigenvalue weighted by molar-refractivity contribution is 8.00. The predicted molar refractivity (Wildman–Crippen MR) is 104 cm³/mol. The van der Waals surface area contributed by atoms with Gasteiger partial charge in [0.1, 0.15) is 11.4 Å². The maximum absolute atomic E-state index is 12.1. The third kappa shape index (κ3) is 4.23. The highest BCUT2D eigenvalue weighted by Gasteiger charge is 2.17. The Morgan fingerprint density at radius 1 is 1.33 bits per heavy atom. The predicted octanol–water partition coefficient (Wildman–Crippen LogP) is 2.86. The quantitative estimate of drug-likeness (QED) is 0.503.